The van der Waals surface area contributed by atoms with Gasteiger partial charge in [-0.15, -0.1) is 0 Å². The number of ether oxygens (including phenoxy) is 2. The van der Waals surface area contributed by atoms with Crippen LogP contribution in [0.5, 0.6) is 5.75 Å². The van der Waals surface area contributed by atoms with E-state index in [-0.39, 0.29) is 29.4 Å². The second kappa shape index (κ2) is 9.04. The molecule has 1 amide bonds. The van der Waals surface area contributed by atoms with E-state index in [1.54, 1.807) is 13.0 Å². The zero-order valence-corrected chi connectivity index (χ0v) is 20.0. The van der Waals surface area contributed by atoms with E-state index in [9.17, 15) is 26.4 Å². The van der Waals surface area contributed by atoms with Crippen molar-refractivity contribution in [2.45, 2.75) is 37.7 Å². The highest BCUT2D eigenvalue weighted by molar-refractivity contribution is 7.93. The van der Waals surface area contributed by atoms with Crippen molar-refractivity contribution >= 4 is 26.8 Å². The predicted molar refractivity (Wildman–Crippen MR) is 123 cm³/mol. The van der Waals surface area contributed by atoms with Crippen molar-refractivity contribution in [3.05, 3.63) is 42.1 Å². The van der Waals surface area contributed by atoms with Crippen molar-refractivity contribution in [1.82, 2.24) is 20.1 Å². The maximum absolute atomic E-state index is 14.8. The monoisotopic (exact) mass is 524 g/mol. The van der Waals surface area contributed by atoms with Crippen molar-refractivity contribution in [3.8, 4) is 17.0 Å². The molecule has 2 aliphatic rings. The van der Waals surface area contributed by atoms with Crippen LogP contribution in [0.3, 0.4) is 0 Å². The number of nitrogens with zero attached hydrogens (tertiary/aromatic N) is 3. The summed E-state index contributed by atoms with van der Waals surface area (Å²) in [4.78, 5) is 17.3. The van der Waals surface area contributed by atoms with Crippen molar-refractivity contribution < 1.29 is 35.9 Å². The Morgan fingerprint density at radius 3 is 2.78 bits per heavy atom. The summed E-state index contributed by atoms with van der Waals surface area (Å²) in [5.74, 6) is -0.912. The van der Waals surface area contributed by atoms with Crippen LogP contribution in [0.2, 0.25) is 0 Å². The molecule has 5 rings (SSSR count). The van der Waals surface area contributed by atoms with Crippen molar-refractivity contribution in [3.63, 3.8) is 0 Å². The van der Waals surface area contributed by atoms with Crippen LogP contribution >= 0.6 is 0 Å². The number of alkyl halides is 3. The van der Waals surface area contributed by atoms with Gasteiger partial charge in [0.25, 0.3) is 5.91 Å². The average molecular weight is 525 g/mol. The highest BCUT2D eigenvalue weighted by Crippen LogP contribution is 2.34. The topological polar surface area (TPSA) is 112 Å². The van der Waals surface area contributed by atoms with E-state index in [0.29, 0.717) is 35.3 Å². The lowest BCUT2D eigenvalue weighted by Gasteiger charge is -2.38. The van der Waals surface area contributed by atoms with Gasteiger partial charge in [0.15, 0.2) is 9.84 Å². The minimum absolute atomic E-state index is 0.0701. The van der Waals surface area contributed by atoms with Gasteiger partial charge in [-0.2, -0.15) is 13.9 Å². The summed E-state index contributed by atoms with van der Waals surface area (Å²) in [5.41, 5.74) is 0.726. The summed E-state index contributed by atoms with van der Waals surface area (Å²) >= 11 is 0. The number of amides is 1. The number of rotatable bonds is 6. The number of hydrogen-bond acceptors (Lipinski definition) is 7. The van der Waals surface area contributed by atoms with Gasteiger partial charge in [-0.25, -0.2) is 12.8 Å². The average Bonchev–Trinajstić information content (AvgIpc) is 3.16. The van der Waals surface area contributed by atoms with Crippen LogP contribution in [-0.2, 0) is 14.6 Å². The standard InChI is InChI=1S/C23H23F3N4O5S/c1-23(11-36(32,33)12-23)28-21(31)14-8-18-20(27-9-14)19(13-3-2-4-15(7-13)35-22(25)26)29-30(18)17-5-6-34-10-16(17)24/h2-4,7-9,16-17,22H,5-6,10-12H2,1H3,(H,28,31)/t16-,17?/m0/s1. The molecular weight excluding hydrogens is 501 g/mol. The van der Waals surface area contributed by atoms with Gasteiger partial charge >= 0.3 is 6.61 Å². The Bertz CT molecular complexity index is 1420. The van der Waals surface area contributed by atoms with Crippen molar-refractivity contribution in [2.75, 3.05) is 24.7 Å². The van der Waals surface area contributed by atoms with E-state index >= 15 is 0 Å². The number of aromatic nitrogens is 3. The van der Waals surface area contributed by atoms with Gasteiger partial charge in [0.1, 0.15) is 23.1 Å². The lowest BCUT2D eigenvalue weighted by atomic mass is 10.1. The van der Waals surface area contributed by atoms with Crippen LogP contribution in [0.15, 0.2) is 36.5 Å². The van der Waals surface area contributed by atoms with E-state index in [4.69, 9.17) is 4.74 Å². The fourth-order valence-electron chi connectivity index (χ4n) is 4.72. The van der Waals surface area contributed by atoms with Gasteiger partial charge in [0, 0.05) is 18.4 Å². The maximum atomic E-state index is 14.8. The Labute approximate surface area is 204 Å². The zero-order valence-electron chi connectivity index (χ0n) is 19.2. The number of carbonyl (C=O) groups excluding carboxylic acids is 1. The smallest absolute Gasteiger partial charge is 0.387 e. The molecule has 13 heteroatoms. The minimum atomic E-state index is -3.17. The third-order valence-electron chi connectivity index (χ3n) is 6.20. The van der Waals surface area contributed by atoms with Crippen molar-refractivity contribution in [1.29, 1.82) is 0 Å². The van der Waals surface area contributed by atoms with Gasteiger partial charge < -0.3 is 14.8 Å². The summed E-state index contributed by atoms with van der Waals surface area (Å²) in [5, 5.41) is 7.31. The quantitative estimate of drug-likeness (QED) is 0.528. The Hall–Kier alpha value is -3.19. The van der Waals surface area contributed by atoms with Gasteiger partial charge in [-0.05, 0) is 31.5 Å². The highest BCUT2D eigenvalue weighted by Gasteiger charge is 2.45. The summed E-state index contributed by atoms with van der Waals surface area (Å²) in [6.45, 7) is -1.15. The van der Waals surface area contributed by atoms with Crippen molar-refractivity contribution in [2.24, 2.45) is 0 Å². The first kappa shape index (κ1) is 24.5. The molecule has 2 aliphatic heterocycles. The molecule has 1 N–H and O–H groups in total. The number of hydrogen-bond donors (Lipinski definition) is 1. The zero-order chi connectivity index (χ0) is 25.7. The minimum Gasteiger partial charge on any atom is -0.435 e. The van der Waals surface area contributed by atoms with Crippen LogP contribution in [0.4, 0.5) is 13.2 Å². The molecule has 3 aromatic rings. The van der Waals surface area contributed by atoms with Gasteiger partial charge in [-0.3, -0.25) is 14.5 Å². The number of halogens is 3. The number of fused-ring (bicyclic) bond motifs is 1. The summed E-state index contributed by atoms with van der Waals surface area (Å²) < 4.78 is 74.7. The number of nitrogens with one attached hydrogen (secondary N) is 1. The lowest BCUT2D eigenvalue weighted by molar-refractivity contribution is -0.0498. The van der Waals surface area contributed by atoms with Gasteiger partial charge in [-0.1, -0.05) is 12.1 Å². The van der Waals surface area contributed by atoms with E-state index in [1.165, 1.54) is 35.1 Å². The molecule has 1 aromatic carbocycles. The predicted octanol–water partition coefficient (Wildman–Crippen LogP) is 2.92. The molecule has 4 heterocycles. The number of sulfone groups is 1. The van der Waals surface area contributed by atoms with Crippen LogP contribution in [-0.4, -0.2) is 72.1 Å². The van der Waals surface area contributed by atoms with Gasteiger partial charge in [0.2, 0.25) is 0 Å². The van der Waals surface area contributed by atoms with Crippen LogP contribution < -0.4 is 10.1 Å². The summed E-state index contributed by atoms with van der Waals surface area (Å²) in [6.07, 6.45) is 0.290. The SMILES string of the molecule is CC1(NC(=O)c2cnc3c(-c4cccc(OC(F)F)c4)nn(C4CCOC[C@@H]4F)c3c2)CS(=O)(=O)C1. The first-order chi connectivity index (χ1) is 17.0. The van der Waals surface area contributed by atoms with Crippen LogP contribution in [0.1, 0.15) is 29.7 Å². The van der Waals surface area contributed by atoms with Crippen LogP contribution in [0, 0.1) is 0 Å². The normalized spacial score (nSPS) is 22.8. The van der Waals surface area contributed by atoms with E-state index in [0.717, 1.165) is 0 Å². The molecule has 2 aromatic heterocycles. The Balaban J connectivity index is 1.56. The number of pyridine rings is 1. The molecule has 0 saturated carbocycles. The molecule has 2 saturated heterocycles. The molecule has 0 aliphatic carbocycles. The number of benzene rings is 1. The number of carbonyl (C=O) groups is 1. The first-order valence-corrected chi connectivity index (χ1v) is 13.0. The molecule has 0 spiro atoms. The largest absolute Gasteiger partial charge is 0.435 e. The highest BCUT2D eigenvalue weighted by atomic mass is 32.2. The summed E-state index contributed by atoms with van der Waals surface area (Å²) in [7, 11) is -3.17. The molecule has 2 atom stereocenters. The molecule has 9 nitrogen and oxygen atoms in total. The fraction of sp³-hybridized carbons (Fsp3) is 0.435. The molecule has 192 valence electrons. The molecule has 0 radical (unpaired) electrons. The molecule has 1 unspecified atom stereocenters. The third kappa shape index (κ3) is 4.76. The maximum Gasteiger partial charge on any atom is 0.387 e. The Morgan fingerprint density at radius 1 is 1.31 bits per heavy atom. The molecular formula is C23H23F3N4O5S. The fourth-order valence-corrected chi connectivity index (χ4v) is 6.73. The van der Waals surface area contributed by atoms with E-state index in [1.807, 2.05) is 0 Å². The second-order valence-electron chi connectivity index (χ2n) is 9.29. The lowest BCUT2D eigenvalue weighted by Crippen LogP contribution is -2.63. The molecule has 36 heavy (non-hydrogen) atoms. The van der Waals surface area contributed by atoms with E-state index in [2.05, 4.69) is 20.1 Å². The third-order valence-corrected chi connectivity index (χ3v) is 8.35. The molecule has 2 fully saturated rings. The second-order valence-corrected chi connectivity index (χ2v) is 11.3. The molecule has 0 bridgehead atoms. The van der Waals surface area contributed by atoms with Gasteiger partial charge in [0.05, 0.1) is 40.8 Å². The Morgan fingerprint density at radius 2 is 2.08 bits per heavy atom. The first-order valence-electron chi connectivity index (χ1n) is 11.2. The van der Waals surface area contributed by atoms with Crippen LogP contribution in [0.25, 0.3) is 22.3 Å². The Kier molecular flexibility index (Phi) is 6.15. The van der Waals surface area contributed by atoms with E-state index < -0.39 is 40.1 Å². The summed E-state index contributed by atoms with van der Waals surface area (Å²) in [6, 6.07) is 6.76.